The van der Waals surface area contributed by atoms with Crippen LogP contribution in [0.25, 0.3) is 11.3 Å². The van der Waals surface area contributed by atoms with Crippen molar-refractivity contribution in [1.82, 2.24) is 20.0 Å². The van der Waals surface area contributed by atoms with Crippen LogP contribution < -0.4 is 5.32 Å². The van der Waals surface area contributed by atoms with Gasteiger partial charge in [0.25, 0.3) is 0 Å². The van der Waals surface area contributed by atoms with Crippen molar-refractivity contribution in [3.63, 3.8) is 0 Å². The number of carbonyl (C=O) groups excluding carboxylic acids is 1. The molecule has 3 aromatic rings. The van der Waals surface area contributed by atoms with Crippen LogP contribution in [0.5, 0.6) is 0 Å². The van der Waals surface area contributed by atoms with E-state index in [4.69, 9.17) is 0 Å². The summed E-state index contributed by atoms with van der Waals surface area (Å²) < 4.78 is 1.47. The first kappa shape index (κ1) is 14.4. The van der Waals surface area contributed by atoms with Crippen molar-refractivity contribution in [2.45, 2.75) is 20.4 Å². The molecule has 112 valence electrons. The minimum atomic E-state index is -0.175. The van der Waals surface area contributed by atoms with Crippen molar-refractivity contribution in [1.29, 1.82) is 0 Å². The van der Waals surface area contributed by atoms with E-state index in [0.717, 1.165) is 11.3 Å². The molecule has 0 aliphatic carbocycles. The largest absolute Gasteiger partial charge is 0.300 e. The zero-order valence-electron chi connectivity index (χ0n) is 12.3. The van der Waals surface area contributed by atoms with Crippen LogP contribution in [0.3, 0.4) is 0 Å². The molecular weight excluding hydrogens is 298 g/mol. The molecule has 7 heteroatoms. The Labute approximate surface area is 131 Å². The van der Waals surface area contributed by atoms with Crippen molar-refractivity contribution in [2.24, 2.45) is 0 Å². The van der Waals surface area contributed by atoms with Gasteiger partial charge in [-0.05, 0) is 31.0 Å². The number of thiazole rings is 1. The molecule has 6 nitrogen and oxygen atoms in total. The predicted octanol–water partition coefficient (Wildman–Crippen LogP) is 2.66. The Morgan fingerprint density at radius 1 is 1.32 bits per heavy atom. The Hall–Kier alpha value is -2.54. The SMILES string of the molecule is Cc1ccc(-c2csc(NC(=O)Cn3ccnn3)n2)cc1C. The molecule has 3 rings (SSSR count). The van der Waals surface area contributed by atoms with Crippen molar-refractivity contribution in [3.05, 3.63) is 47.1 Å². The maximum absolute atomic E-state index is 11.9. The van der Waals surface area contributed by atoms with Crippen molar-refractivity contribution in [3.8, 4) is 11.3 Å². The van der Waals surface area contributed by atoms with E-state index in [1.165, 1.54) is 33.3 Å². The van der Waals surface area contributed by atoms with Gasteiger partial charge in [-0.3, -0.25) is 4.79 Å². The molecule has 2 heterocycles. The van der Waals surface area contributed by atoms with Crippen molar-refractivity contribution < 1.29 is 4.79 Å². The van der Waals surface area contributed by atoms with Crippen LogP contribution in [0.1, 0.15) is 11.1 Å². The molecule has 0 spiro atoms. The summed E-state index contributed by atoms with van der Waals surface area (Å²) in [4.78, 5) is 16.4. The molecule has 1 N–H and O–H groups in total. The molecule has 0 aliphatic rings. The summed E-state index contributed by atoms with van der Waals surface area (Å²) in [6.45, 7) is 4.28. The summed E-state index contributed by atoms with van der Waals surface area (Å²) in [5.74, 6) is -0.175. The summed E-state index contributed by atoms with van der Waals surface area (Å²) in [5.41, 5.74) is 4.39. The zero-order valence-corrected chi connectivity index (χ0v) is 13.1. The van der Waals surface area contributed by atoms with Gasteiger partial charge in [0.05, 0.1) is 11.9 Å². The fourth-order valence-electron chi connectivity index (χ4n) is 1.99. The molecule has 2 aromatic heterocycles. The van der Waals surface area contributed by atoms with Crippen LogP contribution in [-0.2, 0) is 11.3 Å². The number of benzene rings is 1. The first-order valence-electron chi connectivity index (χ1n) is 6.79. The first-order valence-corrected chi connectivity index (χ1v) is 7.67. The van der Waals surface area contributed by atoms with Gasteiger partial charge in [-0.2, -0.15) is 0 Å². The van der Waals surface area contributed by atoms with E-state index in [1.807, 2.05) is 11.4 Å². The molecule has 0 radical (unpaired) electrons. The maximum atomic E-state index is 11.9. The van der Waals surface area contributed by atoms with Crippen LogP contribution in [0.15, 0.2) is 36.0 Å². The molecule has 22 heavy (non-hydrogen) atoms. The number of amides is 1. The van der Waals surface area contributed by atoms with E-state index in [-0.39, 0.29) is 12.5 Å². The summed E-state index contributed by atoms with van der Waals surface area (Å²) in [7, 11) is 0. The molecule has 0 aliphatic heterocycles. The standard InChI is InChI=1S/C15H15N5OS/c1-10-3-4-12(7-11(10)2)13-9-22-15(17-13)18-14(21)8-20-6-5-16-19-20/h3-7,9H,8H2,1-2H3,(H,17,18,21). The average molecular weight is 313 g/mol. The average Bonchev–Trinajstić information content (AvgIpc) is 3.13. The van der Waals surface area contributed by atoms with Gasteiger partial charge >= 0.3 is 0 Å². The van der Waals surface area contributed by atoms with Crippen LogP contribution in [0.4, 0.5) is 5.13 Å². The van der Waals surface area contributed by atoms with Gasteiger partial charge in [-0.1, -0.05) is 17.3 Å². The molecule has 0 saturated heterocycles. The second-order valence-corrected chi connectivity index (χ2v) is 5.84. The number of rotatable bonds is 4. The number of anilines is 1. The molecule has 1 amide bonds. The van der Waals surface area contributed by atoms with E-state index in [1.54, 1.807) is 6.20 Å². The Balaban J connectivity index is 1.70. The van der Waals surface area contributed by atoms with Crippen LogP contribution in [-0.4, -0.2) is 25.9 Å². The number of aryl methyl sites for hydroxylation is 2. The number of nitrogens with zero attached hydrogens (tertiary/aromatic N) is 4. The summed E-state index contributed by atoms with van der Waals surface area (Å²) in [6.07, 6.45) is 3.18. The zero-order chi connectivity index (χ0) is 15.5. The van der Waals surface area contributed by atoms with Gasteiger partial charge in [0.2, 0.25) is 5.91 Å². The van der Waals surface area contributed by atoms with E-state index >= 15 is 0 Å². The van der Waals surface area contributed by atoms with Gasteiger partial charge in [0.1, 0.15) is 6.54 Å². The number of carbonyl (C=O) groups is 1. The maximum Gasteiger partial charge on any atom is 0.247 e. The summed E-state index contributed by atoms with van der Waals surface area (Å²) >= 11 is 1.41. The highest BCUT2D eigenvalue weighted by Crippen LogP contribution is 2.26. The number of nitrogens with one attached hydrogen (secondary N) is 1. The lowest BCUT2D eigenvalue weighted by Gasteiger charge is -2.03. The normalized spacial score (nSPS) is 10.6. The van der Waals surface area contributed by atoms with Crippen LogP contribution in [0.2, 0.25) is 0 Å². The van der Waals surface area contributed by atoms with Gasteiger partial charge in [0, 0.05) is 17.1 Å². The number of hydrogen-bond acceptors (Lipinski definition) is 5. The minimum absolute atomic E-state index is 0.124. The highest BCUT2D eigenvalue weighted by Gasteiger charge is 2.09. The van der Waals surface area contributed by atoms with Crippen LogP contribution >= 0.6 is 11.3 Å². The number of aromatic nitrogens is 4. The lowest BCUT2D eigenvalue weighted by Crippen LogP contribution is -2.19. The lowest BCUT2D eigenvalue weighted by atomic mass is 10.1. The first-order chi connectivity index (χ1) is 10.6. The second kappa shape index (κ2) is 6.07. The fourth-order valence-corrected chi connectivity index (χ4v) is 2.72. The molecule has 0 saturated carbocycles. The smallest absolute Gasteiger partial charge is 0.247 e. The Bertz CT molecular complexity index is 794. The molecule has 0 unspecified atom stereocenters. The predicted molar refractivity (Wildman–Crippen MR) is 85.7 cm³/mol. The Morgan fingerprint density at radius 3 is 2.91 bits per heavy atom. The van der Waals surface area contributed by atoms with Gasteiger partial charge in [-0.15, -0.1) is 16.4 Å². The quantitative estimate of drug-likeness (QED) is 0.803. The Kier molecular flexibility index (Phi) is 3.97. The third-order valence-corrected chi connectivity index (χ3v) is 4.09. The molecule has 0 bridgehead atoms. The summed E-state index contributed by atoms with van der Waals surface area (Å²) in [6, 6.07) is 6.22. The highest BCUT2D eigenvalue weighted by molar-refractivity contribution is 7.14. The molecule has 0 fully saturated rings. The lowest BCUT2D eigenvalue weighted by molar-refractivity contribution is -0.116. The third kappa shape index (κ3) is 3.20. The Morgan fingerprint density at radius 2 is 2.18 bits per heavy atom. The van der Waals surface area contributed by atoms with E-state index in [2.05, 4.69) is 46.6 Å². The monoisotopic (exact) mass is 313 g/mol. The van der Waals surface area contributed by atoms with E-state index in [0.29, 0.717) is 5.13 Å². The van der Waals surface area contributed by atoms with Crippen LogP contribution in [0, 0.1) is 13.8 Å². The van der Waals surface area contributed by atoms with E-state index < -0.39 is 0 Å². The highest BCUT2D eigenvalue weighted by atomic mass is 32.1. The molecule has 1 aromatic carbocycles. The van der Waals surface area contributed by atoms with E-state index in [9.17, 15) is 4.79 Å². The summed E-state index contributed by atoms with van der Waals surface area (Å²) in [5, 5.41) is 12.7. The second-order valence-electron chi connectivity index (χ2n) is 4.99. The third-order valence-electron chi connectivity index (χ3n) is 3.33. The fraction of sp³-hybridized carbons (Fsp3) is 0.200. The van der Waals surface area contributed by atoms with Gasteiger partial charge in [0.15, 0.2) is 5.13 Å². The van der Waals surface area contributed by atoms with Crippen molar-refractivity contribution in [2.75, 3.05) is 5.32 Å². The minimum Gasteiger partial charge on any atom is -0.300 e. The molecular formula is C15H15N5OS. The van der Waals surface area contributed by atoms with Gasteiger partial charge in [-0.25, -0.2) is 9.67 Å². The van der Waals surface area contributed by atoms with Crippen molar-refractivity contribution >= 4 is 22.4 Å². The van der Waals surface area contributed by atoms with Gasteiger partial charge < -0.3 is 5.32 Å². The number of hydrogen-bond donors (Lipinski definition) is 1. The topological polar surface area (TPSA) is 72.7 Å². The molecule has 0 atom stereocenters.